The third kappa shape index (κ3) is 3.19. The number of nitrogens with zero attached hydrogens (tertiary/aromatic N) is 3. The average molecular weight is 306 g/mol. The van der Waals surface area contributed by atoms with E-state index >= 15 is 0 Å². The average Bonchev–Trinajstić information content (AvgIpc) is 3.32. The van der Waals surface area contributed by atoms with Crippen LogP contribution in [0.15, 0.2) is 36.8 Å². The Morgan fingerprint density at radius 2 is 2.24 bits per heavy atom. The lowest BCUT2D eigenvalue weighted by Gasteiger charge is -2.22. The van der Waals surface area contributed by atoms with Crippen LogP contribution in [-0.2, 0) is 6.54 Å². The van der Waals surface area contributed by atoms with Gasteiger partial charge < -0.3 is 4.90 Å². The van der Waals surface area contributed by atoms with Crippen LogP contribution in [0.5, 0.6) is 0 Å². The lowest BCUT2D eigenvalue weighted by atomic mass is 10.2. The maximum Gasteiger partial charge on any atom is 0.257 e. The lowest BCUT2D eigenvalue weighted by Crippen LogP contribution is -2.33. The van der Waals surface area contributed by atoms with Crippen LogP contribution in [0.2, 0.25) is 5.15 Å². The first-order chi connectivity index (χ1) is 10.1. The molecule has 0 aliphatic heterocycles. The molecule has 108 valence electrons. The van der Waals surface area contributed by atoms with E-state index in [1.807, 2.05) is 12.1 Å². The van der Waals surface area contributed by atoms with Crippen molar-refractivity contribution in [1.29, 1.82) is 0 Å². The molecule has 21 heavy (non-hydrogen) atoms. The van der Waals surface area contributed by atoms with Gasteiger partial charge in [-0.05, 0) is 30.5 Å². The van der Waals surface area contributed by atoms with Crippen molar-refractivity contribution in [3.8, 4) is 0 Å². The van der Waals surface area contributed by atoms with Crippen molar-refractivity contribution < 1.29 is 9.18 Å². The highest BCUT2D eigenvalue weighted by Gasteiger charge is 2.34. The van der Waals surface area contributed by atoms with Crippen LogP contribution in [0.25, 0.3) is 0 Å². The van der Waals surface area contributed by atoms with E-state index in [4.69, 9.17) is 11.6 Å². The van der Waals surface area contributed by atoms with Gasteiger partial charge in [0, 0.05) is 25.0 Å². The predicted octanol–water partition coefficient (Wildman–Crippen LogP) is 3.07. The molecule has 0 bridgehead atoms. The number of rotatable bonds is 4. The number of pyridine rings is 2. The van der Waals surface area contributed by atoms with Gasteiger partial charge in [-0.1, -0.05) is 17.7 Å². The highest BCUT2D eigenvalue weighted by molar-refractivity contribution is 6.32. The van der Waals surface area contributed by atoms with E-state index in [1.165, 1.54) is 0 Å². The monoisotopic (exact) mass is 305 g/mol. The van der Waals surface area contributed by atoms with E-state index < -0.39 is 5.82 Å². The zero-order valence-electron chi connectivity index (χ0n) is 11.2. The van der Waals surface area contributed by atoms with Gasteiger partial charge in [-0.25, -0.2) is 9.37 Å². The van der Waals surface area contributed by atoms with Gasteiger partial charge in [0.1, 0.15) is 11.0 Å². The normalized spacial score (nSPS) is 14.0. The van der Waals surface area contributed by atoms with Crippen LogP contribution in [0, 0.1) is 5.82 Å². The minimum Gasteiger partial charge on any atom is -0.331 e. The van der Waals surface area contributed by atoms with Crippen LogP contribution in [0.3, 0.4) is 0 Å². The Hall–Kier alpha value is -2.01. The fourth-order valence-corrected chi connectivity index (χ4v) is 2.35. The maximum atomic E-state index is 13.3. The van der Waals surface area contributed by atoms with Crippen molar-refractivity contribution in [2.75, 3.05) is 0 Å². The summed E-state index contributed by atoms with van der Waals surface area (Å²) in [5.41, 5.74) is 1.03. The SMILES string of the molecule is O=C(c1cc(F)cnc1Cl)N(Cc1cccnc1)C1CC1. The first kappa shape index (κ1) is 13.9. The summed E-state index contributed by atoms with van der Waals surface area (Å²) >= 11 is 5.93. The van der Waals surface area contributed by atoms with E-state index in [0.717, 1.165) is 30.7 Å². The molecule has 2 aromatic rings. The van der Waals surface area contributed by atoms with Crippen molar-refractivity contribution in [1.82, 2.24) is 14.9 Å². The Bertz CT molecular complexity index is 661. The molecule has 2 heterocycles. The third-order valence-corrected chi connectivity index (χ3v) is 3.66. The zero-order chi connectivity index (χ0) is 14.8. The molecular weight excluding hydrogens is 293 g/mol. The Morgan fingerprint density at radius 1 is 1.43 bits per heavy atom. The van der Waals surface area contributed by atoms with Crippen molar-refractivity contribution in [2.24, 2.45) is 0 Å². The standard InChI is InChI=1S/C15H13ClFN3O/c16-14-13(6-11(17)8-19-14)15(21)20(12-3-4-12)9-10-2-1-5-18-7-10/h1-2,5-8,12H,3-4,9H2. The van der Waals surface area contributed by atoms with Gasteiger partial charge in [-0.2, -0.15) is 0 Å². The first-order valence-corrected chi connectivity index (χ1v) is 7.04. The molecule has 3 rings (SSSR count). The molecule has 1 saturated carbocycles. The topological polar surface area (TPSA) is 46.1 Å². The largest absolute Gasteiger partial charge is 0.331 e. The molecule has 1 aliphatic carbocycles. The molecule has 0 aromatic carbocycles. The van der Waals surface area contributed by atoms with Gasteiger partial charge in [0.15, 0.2) is 0 Å². The van der Waals surface area contributed by atoms with Crippen LogP contribution in [-0.4, -0.2) is 26.8 Å². The van der Waals surface area contributed by atoms with Gasteiger partial charge in [0.25, 0.3) is 5.91 Å². The molecule has 0 N–H and O–H groups in total. The van der Waals surface area contributed by atoms with E-state index in [2.05, 4.69) is 9.97 Å². The van der Waals surface area contributed by atoms with Crippen molar-refractivity contribution in [3.63, 3.8) is 0 Å². The molecule has 0 unspecified atom stereocenters. The molecule has 1 fully saturated rings. The Balaban J connectivity index is 1.87. The minimum atomic E-state index is -0.570. The number of aromatic nitrogens is 2. The van der Waals surface area contributed by atoms with E-state index in [9.17, 15) is 9.18 Å². The predicted molar refractivity (Wildman–Crippen MR) is 76.3 cm³/mol. The summed E-state index contributed by atoms with van der Waals surface area (Å²) in [5, 5.41) is 0.0261. The third-order valence-electron chi connectivity index (χ3n) is 3.36. The summed E-state index contributed by atoms with van der Waals surface area (Å²) in [5.74, 6) is -0.863. The van der Waals surface area contributed by atoms with Crippen molar-refractivity contribution in [3.05, 3.63) is 58.9 Å². The van der Waals surface area contributed by atoms with Crippen molar-refractivity contribution in [2.45, 2.75) is 25.4 Å². The zero-order valence-corrected chi connectivity index (χ0v) is 11.9. The molecule has 0 radical (unpaired) electrons. The van der Waals surface area contributed by atoms with Gasteiger partial charge in [-0.15, -0.1) is 0 Å². The molecule has 0 spiro atoms. The smallest absolute Gasteiger partial charge is 0.257 e. The van der Waals surface area contributed by atoms with Crippen LogP contribution in [0.4, 0.5) is 4.39 Å². The molecule has 0 saturated heterocycles. The van der Waals surface area contributed by atoms with Gasteiger partial charge in [-0.3, -0.25) is 9.78 Å². The van der Waals surface area contributed by atoms with E-state index in [-0.39, 0.29) is 22.7 Å². The van der Waals surface area contributed by atoms with Crippen LogP contribution < -0.4 is 0 Å². The molecule has 4 nitrogen and oxygen atoms in total. The molecule has 6 heteroatoms. The number of amides is 1. The van der Waals surface area contributed by atoms with Gasteiger partial charge in [0.2, 0.25) is 0 Å². The molecule has 0 atom stereocenters. The number of carbonyl (C=O) groups excluding carboxylic acids is 1. The highest BCUT2D eigenvalue weighted by atomic mass is 35.5. The number of halogens is 2. The summed E-state index contributed by atoms with van der Waals surface area (Å²) in [6.45, 7) is 0.435. The quantitative estimate of drug-likeness (QED) is 0.816. The van der Waals surface area contributed by atoms with Crippen LogP contribution >= 0.6 is 11.6 Å². The molecule has 1 amide bonds. The summed E-state index contributed by atoms with van der Waals surface area (Å²) in [6, 6.07) is 5.04. The second-order valence-electron chi connectivity index (χ2n) is 5.02. The Labute approximate surface area is 126 Å². The number of carbonyl (C=O) groups is 1. The fraction of sp³-hybridized carbons (Fsp3) is 0.267. The van der Waals surface area contributed by atoms with Gasteiger partial charge >= 0.3 is 0 Å². The number of hydrogen-bond acceptors (Lipinski definition) is 3. The van der Waals surface area contributed by atoms with Crippen molar-refractivity contribution >= 4 is 17.5 Å². The van der Waals surface area contributed by atoms with Gasteiger partial charge in [0.05, 0.1) is 11.8 Å². The Morgan fingerprint density at radius 3 is 2.90 bits per heavy atom. The summed E-state index contributed by atoms with van der Waals surface area (Å²) < 4.78 is 13.3. The maximum absolute atomic E-state index is 13.3. The fourth-order valence-electron chi connectivity index (χ4n) is 2.17. The molecule has 1 aliphatic rings. The van der Waals surface area contributed by atoms with Crippen LogP contribution in [0.1, 0.15) is 28.8 Å². The Kier molecular flexibility index (Phi) is 3.84. The first-order valence-electron chi connectivity index (χ1n) is 6.66. The second kappa shape index (κ2) is 5.77. The van der Waals surface area contributed by atoms with E-state index in [0.29, 0.717) is 6.54 Å². The highest BCUT2D eigenvalue weighted by Crippen LogP contribution is 2.30. The summed E-state index contributed by atoms with van der Waals surface area (Å²) in [7, 11) is 0. The number of hydrogen-bond donors (Lipinski definition) is 0. The lowest BCUT2D eigenvalue weighted by molar-refractivity contribution is 0.0729. The van der Waals surface area contributed by atoms with E-state index in [1.54, 1.807) is 17.3 Å². The summed E-state index contributed by atoms with van der Waals surface area (Å²) in [6.07, 6.45) is 6.30. The second-order valence-corrected chi connectivity index (χ2v) is 5.38. The summed E-state index contributed by atoms with van der Waals surface area (Å²) in [4.78, 5) is 22.1. The minimum absolute atomic E-state index is 0.0261. The molecular formula is C15H13ClFN3O. The molecule has 2 aromatic heterocycles.